The van der Waals surface area contributed by atoms with Crippen LogP contribution in [0.1, 0.15) is 15.9 Å². The van der Waals surface area contributed by atoms with Crippen molar-refractivity contribution in [2.24, 2.45) is 0 Å². The zero-order chi connectivity index (χ0) is 15.6. The van der Waals surface area contributed by atoms with Crippen molar-refractivity contribution in [3.63, 3.8) is 0 Å². The molecular formula is C15H11BrO5. The topological polar surface area (TPSA) is 98.0 Å². The number of carbonyl (C=O) groups is 1. The van der Waals surface area contributed by atoms with Gasteiger partial charge in [0.2, 0.25) is 0 Å². The molecule has 0 amide bonds. The van der Waals surface area contributed by atoms with Gasteiger partial charge in [-0.3, -0.25) is 4.79 Å². The zero-order valence-electron chi connectivity index (χ0n) is 10.6. The average Bonchev–Trinajstić information content (AvgIpc) is 2.44. The Morgan fingerprint density at radius 3 is 2.29 bits per heavy atom. The summed E-state index contributed by atoms with van der Waals surface area (Å²) in [4.78, 5) is 12.0. The molecule has 0 spiro atoms. The summed E-state index contributed by atoms with van der Waals surface area (Å²) >= 11 is 3.06. The molecule has 0 saturated heterocycles. The molecule has 0 fully saturated rings. The fourth-order valence-corrected chi connectivity index (χ4v) is 2.00. The van der Waals surface area contributed by atoms with E-state index in [4.69, 9.17) is 0 Å². The average molecular weight is 351 g/mol. The van der Waals surface area contributed by atoms with Crippen LogP contribution in [0.3, 0.4) is 0 Å². The van der Waals surface area contributed by atoms with Gasteiger partial charge in [0, 0.05) is 6.07 Å². The summed E-state index contributed by atoms with van der Waals surface area (Å²) in [6, 6.07) is 6.49. The number of phenols is 4. The van der Waals surface area contributed by atoms with Crippen LogP contribution >= 0.6 is 15.9 Å². The number of hydrogen-bond donors (Lipinski definition) is 4. The van der Waals surface area contributed by atoms with Crippen LogP contribution in [0.15, 0.2) is 40.9 Å². The van der Waals surface area contributed by atoms with Crippen molar-refractivity contribution < 1.29 is 25.2 Å². The van der Waals surface area contributed by atoms with Gasteiger partial charge in [0.1, 0.15) is 11.5 Å². The van der Waals surface area contributed by atoms with Gasteiger partial charge in [0.05, 0.1) is 10.0 Å². The second kappa shape index (κ2) is 5.88. The van der Waals surface area contributed by atoms with E-state index in [0.717, 1.165) is 6.07 Å². The predicted molar refractivity (Wildman–Crippen MR) is 80.6 cm³/mol. The minimum atomic E-state index is -0.472. The first kappa shape index (κ1) is 14.9. The van der Waals surface area contributed by atoms with Crippen molar-refractivity contribution in [1.82, 2.24) is 0 Å². The minimum absolute atomic E-state index is 0.0268. The SMILES string of the molecule is O=C(C=Cc1ccc(O)c(O)c1)c1cc(Br)c(O)cc1O. The lowest BCUT2D eigenvalue weighted by Crippen LogP contribution is -1.95. The van der Waals surface area contributed by atoms with Gasteiger partial charge in [-0.05, 0) is 45.8 Å². The van der Waals surface area contributed by atoms with Crippen molar-refractivity contribution in [3.8, 4) is 23.0 Å². The summed E-state index contributed by atoms with van der Waals surface area (Å²) in [6.07, 6.45) is 2.64. The lowest BCUT2D eigenvalue weighted by Gasteiger charge is -2.04. The first-order chi connectivity index (χ1) is 9.88. The Hall–Kier alpha value is -2.47. The number of carbonyl (C=O) groups excluding carboxylic acids is 1. The van der Waals surface area contributed by atoms with Crippen LogP contribution in [-0.4, -0.2) is 26.2 Å². The number of allylic oxidation sites excluding steroid dienone is 1. The van der Waals surface area contributed by atoms with Crippen molar-refractivity contribution in [2.75, 3.05) is 0 Å². The van der Waals surface area contributed by atoms with E-state index in [-0.39, 0.29) is 28.6 Å². The van der Waals surface area contributed by atoms with Crippen molar-refractivity contribution >= 4 is 27.8 Å². The second-order valence-electron chi connectivity index (χ2n) is 4.27. The van der Waals surface area contributed by atoms with E-state index in [1.807, 2.05) is 0 Å². The van der Waals surface area contributed by atoms with E-state index in [0.29, 0.717) is 10.0 Å². The third kappa shape index (κ3) is 3.35. The molecule has 0 atom stereocenters. The number of aromatic hydroxyl groups is 4. The van der Waals surface area contributed by atoms with Gasteiger partial charge in [-0.25, -0.2) is 0 Å². The first-order valence-corrected chi connectivity index (χ1v) is 6.63. The molecule has 21 heavy (non-hydrogen) atoms. The standard InChI is InChI=1S/C15H11BrO5/c16-10-6-9(13(19)7-14(10)20)11(17)3-1-8-2-4-12(18)15(21)5-8/h1-7,18-21H. The Kier molecular flexibility index (Phi) is 4.18. The second-order valence-corrected chi connectivity index (χ2v) is 5.12. The number of hydrogen-bond acceptors (Lipinski definition) is 5. The zero-order valence-corrected chi connectivity index (χ0v) is 12.2. The molecule has 2 rings (SSSR count). The van der Waals surface area contributed by atoms with Crippen LogP contribution in [0.4, 0.5) is 0 Å². The molecule has 4 N–H and O–H groups in total. The summed E-state index contributed by atoms with van der Waals surface area (Å²) < 4.78 is 0.291. The normalized spacial score (nSPS) is 10.9. The molecule has 0 aliphatic rings. The van der Waals surface area contributed by atoms with E-state index in [2.05, 4.69) is 15.9 Å². The lowest BCUT2D eigenvalue weighted by atomic mass is 10.1. The third-order valence-electron chi connectivity index (χ3n) is 2.76. The quantitative estimate of drug-likeness (QED) is 0.387. The van der Waals surface area contributed by atoms with Crippen molar-refractivity contribution in [3.05, 3.63) is 52.0 Å². The van der Waals surface area contributed by atoms with E-state index >= 15 is 0 Å². The Morgan fingerprint density at radius 2 is 1.62 bits per heavy atom. The molecule has 6 heteroatoms. The molecule has 5 nitrogen and oxygen atoms in total. The van der Waals surface area contributed by atoms with E-state index < -0.39 is 5.78 Å². The van der Waals surface area contributed by atoms with E-state index in [1.165, 1.54) is 36.4 Å². The van der Waals surface area contributed by atoms with Crippen LogP contribution in [0.5, 0.6) is 23.0 Å². The molecule has 2 aromatic carbocycles. The molecule has 0 aliphatic carbocycles. The van der Waals surface area contributed by atoms with Crippen molar-refractivity contribution in [1.29, 1.82) is 0 Å². The van der Waals surface area contributed by atoms with Crippen LogP contribution in [0.25, 0.3) is 6.08 Å². The van der Waals surface area contributed by atoms with Gasteiger partial charge in [-0.2, -0.15) is 0 Å². The maximum absolute atomic E-state index is 12.0. The minimum Gasteiger partial charge on any atom is -0.507 e. The molecule has 108 valence electrons. The maximum atomic E-state index is 12.0. The highest BCUT2D eigenvalue weighted by Gasteiger charge is 2.12. The molecule has 2 aromatic rings. The molecule has 0 saturated carbocycles. The Bertz CT molecular complexity index is 737. The summed E-state index contributed by atoms with van der Waals surface area (Å²) in [5.41, 5.74) is 0.537. The van der Waals surface area contributed by atoms with Gasteiger partial charge < -0.3 is 20.4 Å². The van der Waals surface area contributed by atoms with Crippen molar-refractivity contribution in [2.45, 2.75) is 0 Å². The number of rotatable bonds is 3. The van der Waals surface area contributed by atoms with Gasteiger partial charge in [-0.15, -0.1) is 0 Å². The molecule has 0 aromatic heterocycles. The Labute approximate surface area is 128 Å². The maximum Gasteiger partial charge on any atom is 0.189 e. The summed E-state index contributed by atoms with van der Waals surface area (Å²) in [5.74, 6) is -1.52. The number of phenolic OH excluding ortho intramolecular Hbond substituents is 4. The van der Waals surface area contributed by atoms with Crippen LogP contribution in [0, 0.1) is 0 Å². The van der Waals surface area contributed by atoms with E-state index in [1.54, 1.807) is 0 Å². The Balaban J connectivity index is 2.27. The predicted octanol–water partition coefficient (Wildman–Crippen LogP) is 3.17. The van der Waals surface area contributed by atoms with Crippen LogP contribution in [0.2, 0.25) is 0 Å². The first-order valence-electron chi connectivity index (χ1n) is 5.84. The Morgan fingerprint density at radius 1 is 0.905 bits per heavy atom. The summed E-state index contributed by atoms with van der Waals surface area (Å²) in [5, 5.41) is 37.6. The van der Waals surface area contributed by atoms with Crippen LogP contribution < -0.4 is 0 Å². The highest BCUT2D eigenvalue weighted by Crippen LogP contribution is 2.32. The lowest BCUT2D eigenvalue weighted by molar-refractivity contribution is 0.104. The van der Waals surface area contributed by atoms with E-state index in [9.17, 15) is 25.2 Å². The third-order valence-corrected chi connectivity index (χ3v) is 3.39. The monoisotopic (exact) mass is 350 g/mol. The number of benzene rings is 2. The fraction of sp³-hybridized carbons (Fsp3) is 0. The highest BCUT2D eigenvalue weighted by atomic mass is 79.9. The van der Waals surface area contributed by atoms with Gasteiger partial charge in [0.25, 0.3) is 0 Å². The molecule has 0 unspecified atom stereocenters. The molecule has 0 aliphatic heterocycles. The summed E-state index contributed by atoms with van der Waals surface area (Å²) in [6.45, 7) is 0. The molecular weight excluding hydrogens is 340 g/mol. The number of ketones is 1. The largest absolute Gasteiger partial charge is 0.507 e. The molecule has 0 radical (unpaired) electrons. The van der Waals surface area contributed by atoms with Gasteiger partial charge in [-0.1, -0.05) is 12.1 Å². The molecule has 0 bridgehead atoms. The highest BCUT2D eigenvalue weighted by molar-refractivity contribution is 9.10. The summed E-state index contributed by atoms with van der Waals surface area (Å²) in [7, 11) is 0. The number of halogens is 1. The molecule has 0 heterocycles. The van der Waals surface area contributed by atoms with Gasteiger partial charge >= 0.3 is 0 Å². The smallest absolute Gasteiger partial charge is 0.189 e. The van der Waals surface area contributed by atoms with Crippen LogP contribution in [-0.2, 0) is 0 Å². The fourth-order valence-electron chi connectivity index (χ4n) is 1.65. The van der Waals surface area contributed by atoms with Gasteiger partial charge in [0.15, 0.2) is 17.3 Å².